The molecule has 1 heterocycles. The van der Waals surface area contributed by atoms with Crippen molar-refractivity contribution in [1.29, 1.82) is 0 Å². The number of aryl methyl sites for hydroxylation is 1. The zero-order valence-electron chi connectivity index (χ0n) is 15.0. The number of ketones is 1. The van der Waals surface area contributed by atoms with Gasteiger partial charge in [0, 0.05) is 17.2 Å². The third-order valence-electron chi connectivity index (χ3n) is 4.85. The molecule has 0 saturated carbocycles. The van der Waals surface area contributed by atoms with Gasteiger partial charge >= 0.3 is 0 Å². The Labute approximate surface area is 154 Å². The van der Waals surface area contributed by atoms with Crippen LogP contribution in [0.25, 0.3) is 0 Å². The van der Waals surface area contributed by atoms with Crippen molar-refractivity contribution >= 4 is 17.8 Å². The lowest BCUT2D eigenvalue weighted by molar-refractivity contribution is -0.388. The van der Waals surface area contributed by atoms with E-state index in [0.29, 0.717) is 11.3 Å². The second-order valence-corrected chi connectivity index (χ2v) is 6.27. The van der Waals surface area contributed by atoms with Crippen LogP contribution >= 0.6 is 0 Å². The molecule has 0 fully saturated rings. The van der Waals surface area contributed by atoms with Crippen molar-refractivity contribution in [2.75, 3.05) is 7.05 Å². The molecule has 0 radical (unpaired) electrons. The number of hydrogen-bond donors (Lipinski definition) is 2. The van der Waals surface area contributed by atoms with Gasteiger partial charge in [0.2, 0.25) is 0 Å². The number of nitrogens with zero attached hydrogens (tertiary/aromatic N) is 1. The normalized spacial score (nSPS) is 24.1. The SMILES string of the molecule is CC=O.CNC12C(=O)c3cccc([N+](=O)[O-])c3C1(O)Oc1cc(C)ccc12. The highest BCUT2D eigenvalue weighted by molar-refractivity contribution is 6.11. The van der Waals surface area contributed by atoms with Crippen LogP contribution in [0.4, 0.5) is 5.69 Å². The van der Waals surface area contributed by atoms with Crippen LogP contribution in [0.1, 0.15) is 34.0 Å². The Morgan fingerprint density at radius 1 is 1.30 bits per heavy atom. The molecule has 2 N–H and O–H groups in total. The van der Waals surface area contributed by atoms with Gasteiger partial charge in [0.1, 0.15) is 17.6 Å². The number of nitro groups is 1. The molecule has 2 unspecified atom stereocenters. The minimum atomic E-state index is -2.17. The number of carbonyl (C=O) groups excluding carboxylic acids is 2. The first kappa shape index (κ1) is 18.7. The maximum Gasteiger partial charge on any atom is 0.280 e. The largest absolute Gasteiger partial charge is 0.455 e. The molecule has 2 aliphatic rings. The number of nitrogens with one attached hydrogen (secondary N) is 1. The summed E-state index contributed by atoms with van der Waals surface area (Å²) in [4.78, 5) is 32.7. The summed E-state index contributed by atoms with van der Waals surface area (Å²) in [5.74, 6) is -2.29. The zero-order chi connectivity index (χ0) is 20.0. The molecule has 1 aliphatic carbocycles. The van der Waals surface area contributed by atoms with Crippen LogP contribution in [0.3, 0.4) is 0 Å². The number of Topliss-reactive ketones (excluding diaryl/α,β-unsaturated/α-hetero) is 1. The van der Waals surface area contributed by atoms with Crippen LogP contribution in [0.5, 0.6) is 5.75 Å². The number of benzene rings is 2. The molecule has 8 nitrogen and oxygen atoms in total. The molecule has 0 aromatic heterocycles. The fraction of sp³-hybridized carbons (Fsp3) is 0.263. The Hall–Kier alpha value is -3.10. The van der Waals surface area contributed by atoms with E-state index in [-0.39, 0.29) is 16.8 Å². The van der Waals surface area contributed by atoms with Gasteiger partial charge < -0.3 is 14.6 Å². The molecule has 140 valence electrons. The maximum absolute atomic E-state index is 13.1. The Morgan fingerprint density at radius 3 is 2.56 bits per heavy atom. The van der Waals surface area contributed by atoms with Crippen molar-refractivity contribution in [2.24, 2.45) is 0 Å². The van der Waals surface area contributed by atoms with Crippen LogP contribution in [-0.4, -0.2) is 29.1 Å². The predicted molar refractivity (Wildman–Crippen MR) is 95.6 cm³/mol. The Bertz CT molecular complexity index is 973. The van der Waals surface area contributed by atoms with Crippen LogP contribution < -0.4 is 10.1 Å². The molecular weight excluding hydrogens is 352 g/mol. The summed E-state index contributed by atoms with van der Waals surface area (Å²) in [6.07, 6.45) is 0.750. The van der Waals surface area contributed by atoms with Gasteiger partial charge in [0.15, 0.2) is 11.3 Å². The Kier molecular flexibility index (Phi) is 4.33. The average molecular weight is 370 g/mol. The van der Waals surface area contributed by atoms with Crippen molar-refractivity contribution < 1.29 is 24.4 Å². The van der Waals surface area contributed by atoms with Crippen LogP contribution in [0.15, 0.2) is 36.4 Å². The topological polar surface area (TPSA) is 119 Å². The molecule has 2 aromatic rings. The number of nitro benzene ring substituents is 1. The van der Waals surface area contributed by atoms with E-state index < -0.39 is 22.0 Å². The lowest BCUT2D eigenvalue weighted by Gasteiger charge is -2.32. The van der Waals surface area contributed by atoms with E-state index in [1.807, 2.05) is 6.92 Å². The molecule has 0 amide bonds. The third-order valence-corrected chi connectivity index (χ3v) is 4.85. The molecular formula is C19H18N2O6. The number of aliphatic hydroxyl groups is 1. The minimum Gasteiger partial charge on any atom is -0.455 e. The van der Waals surface area contributed by atoms with E-state index >= 15 is 0 Å². The van der Waals surface area contributed by atoms with E-state index in [1.165, 1.54) is 32.2 Å². The monoisotopic (exact) mass is 370 g/mol. The third kappa shape index (κ3) is 2.23. The van der Waals surface area contributed by atoms with E-state index in [9.17, 15) is 20.0 Å². The molecule has 0 bridgehead atoms. The summed E-state index contributed by atoms with van der Waals surface area (Å²) in [5.41, 5.74) is -0.613. The molecule has 27 heavy (non-hydrogen) atoms. The van der Waals surface area contributed by atoms with Gasteiger partial charge in [-0.1, -0.05) is 24.3 Å². The van der Waals surface area contributed by atoms with Crippen LogP contribution in [-0.2, 0) is 16.1 Å². The Morgan fingerprint density at radius 2 is 1.96 bits per heavy atom. The number of carbonyl (C=O) groups is 2. The summed E-state index contributed by atoms with van der Waals surface area (Å²) in [6, 6.07) is 9.36. The van der Waals surface area contributed by atoms with Crippen LogP contribution in [0.2, 0.25) is 0 Å². The van der Waals surface area contributed by atoms with Crippen molar-refractivity contribution in [3.8, 4) is 5.75 Å². The van der Waals surface area contributed by atoms with E-state index in [2.05, 4.69) is 5.32 Å². The summed E-state index contributed by atoms with van der Waals surface area (Å²) in [7, 11) is 1.53. The first-order valence-corrected chi connectivity index (χ1v) is 8.22. The standard InChI is InChI=1S/C17H14N2O5.C2H4O/c1-9-6-7-11-13(8-9)24-17(21)14-10(15(20)16(11,17)18-2)4-3-5-12(14)19(22)23;1-2-3/h3-8,18,21H,1-2H3;2H,1H3. The van der Waals surface area contributed by atoms with Gasteiger partial charge in [-0.2, -0.15) is 0 Å². The van der Waals surface area contributed by atoms with E-state index in [1.54, 1.807) is 18.2 Å². The van der Waals surface area contributed by atoms with Crippen molar-refractivity contribution in [3.63, 3.8) is 0 Å². The first-order chi connectivity index (χ1) is 12.8. The smallest absolute Gasteiger partial charge is 0.280 e. The van der Waals surface area contributed by atoms with E-state index in [4.69, 9.17) is 9.53 Å². The van der Waals surface area contributed by atoms with Gasteiger partial charge in [-0.3, -0.25) is 20.2 Å². The number of aldehydes is 1. The summed E-state index contributed by atoms with van der Waals surface area (Å²) in [6.45, 7) is 3.30. The summed E-state index contributed by atoms with van der Waals surface area (Å²) >= 11 is 0. The zero-order valence-corrected chi connectivity index (χ0v) is 15.0. The van der Waals surface area contributed by atoms with Crippen molar-refractivity contribution in [3.05, 3.63) is 68.8 Å². The maximum atomic E-state index is 13.1. The fourth-order valence-electron chi connectivity index (χ4n) is 3.81. The van der Waals surface area contributed by atoms with Crippen molar-refractivity contribution in [1.82, 2.24) is 5.32 Å². The number of ether oxygens (including phenoxy) is 1. The molecule has 1 aliphatic heterocycles. The molecule has 0 saturated heterocycles. The summed E-state index contributed by atoms with van der Waals surface area (Å²) in [5, 5.41) is 25.6. The minimum absolute atomic E-state index is 0.0901. The second-order valence-electron chi connectivity index (χ2n) is 6.27. The first-order valence-electron chi connectivity index (χ1n) is 8.22. The second kappa shape index (κ2) is 6.26. The van der Waals surface area contributed by atoms with Crippen molar-refractivity contribution in [2.45, 2.75) is 25.2 Å². The number of fused-ring (bicyclic) bond motifs is 5. The van der Waals surface area contributed by atoms with Gasteiger partial charge in [-0.25, -0.2) is 0 Å². The van der Waals surface area contributed by atoms with Gasteiger partial charge in [-0.15, -0.1) is 0 Å². The average Bonchev–Trinajstić information content (AvgIpc) is 2.99. The Balaban J connectivity index is 0.000000659. The molecule has 2 atom stereocenters. The number of rotatable bonds is 2. The lowest BCUT2D eigenvalue weighted by Crippen LogP contribution is -2.57. The summed E-state index contributed by atoms with van der Waals surface area (Å²) < 4.78 is 5.75. The number of hydrogen-bond acceptors (Lipinski definition) is 7. The van der Waals surface area contributed by atoms with E-state index in [0.717, 1.165) is 11.8 Å². The lowest BCUT2D eigenvalue weighted by atomic mass is 9.83. The molecule has 8 heteroatoms. The molecule has 4 rings (SSSR count). The van der Waals surface area contributed by atoms with Crippen LogP contribution in [0, 0.1) is 17.0 Å². The highest BCUT2D eigenvalue weighted by Gasteiger charge is 2.72. The van der Waals surface area contributed by atoms with Gasteiger partial charge in [-0.05, 0) is 32.5 Å². The highest BCUT2D eigenvalue weighted by atomic mass is 16.6. The van der Waals surface area contributed by atoms with Gasteiger partial charge in [0.05, 0.1) is 4.92 Å². The molecule has 2 aromatic carbocycles. The van der Waals surface area contributed by atoms with Gasteiger partial charge in [0.25, 0.3) is 11.5 Å². The highest BCUT2D eigenvalue weighted by Crippen LogP contribution is 2.59. The fourth-order valence-corrected chi connectivity index (χ4v) is 3.81. The number of likely N-dealkylation sites (N-methyl/N-ethyl adjacent to an activating group) is 1. The predicted octanol–water partition coefficient (Wildman–Crippen LogP) is 1.96. The molecule has 0 spiro atoms. The quantitative estimate of drug-likeness (QED) is 0.471.